The number of sulfone groups is 1. The molecule has 2 saturated heterocycles. The van der Waals surface area contributed by atoms with Gasteiger partial charge in [-0.2, -0.15) is 13.2 Å². The van der Waals surface area contributed by atoms with E-state index in [-0.39, 0.29) is 23.0 Å². The van der Waals surface area contributed by atoms with E-state index >= 15 is 0 Å². The molecule has 1 saturated carbocycles. The first kappa shape index (κ1) is 32.9. The molecule has 0 amide bonds. The number of rotatable bonds is 8. The van der Waals surface area contributed by atoms with Crippen LogP contribution in [-0.4, -0.2) is 77.8 Å². The topological polar surface area (TPSA) is 79.9 Å². The standard InChI is InChI=1S/C34H40F3N3O4S2/c1-43-30-19-25(46(2,41)42)12-13-28(30)38-16-4-7-31-27(20-34(35,36)37)26-5-3-6-29(32(26)45-31)39-23-8-10-24(11-9-23)40-21-33(22-40)14-17-44-18-15-33/h3,5-6,12-13,19,23-24,38-39H,8-11,14-18,20-22H2,1-2H3/t23-,24-. The third-order valence-electron chi connectivity index (χ3n) is 9.57. The van der Waals surface area contributed by atoms with Gasteiger partial charge in [0.2, 0.25) is 0 Å². The SMILES string of the molecule is COc1cc(S(C)(=O)=O)ccc1NCC#Cc1sc2c(N[C@H]3CC[C@H](N4CC5(CCOCC5)C4)CC3)cccc2c1CC(F)(F)F. The van der Waals surface area contributed by atoms with Crippen molar-refractivity contribution in [2.75, 3.05) is 56.8 Å². The van der Waals surface area contributed by atoms with E-state index in [2.05, 4.69) is 27.4 Å². The molecule has 1 aromatic heterocycles. The summed E-state index contributed by atoms with van der Waals surface area (Å²) in [6, 6.07) is 10.9. The summed E-state index contributed by atoms with van der Waals surface area (Å²) in [7, 11) is -1.97. The molecule has 1 spiro atoms. The molecule has 248 valence electrons. The van der Waals surface area contributed by atoms with Crippen molar-refractivity contribution in [3.8, 4) is 17.6 Å². The van der Waals surface area contributed by atoms with Crippen LogP contribution >= 0.6 is 11.3 Å². The van der Waals surface area contributed by atoms with Gasteiger partial charge in [-0.05, 0) is 67.7 Å². The molecule has 2 N–H and O–H groups in total. The number of nitrogens with one attached hydrogen (secondary N) is 2. The van der Waals surface area contributed by atoms with Gasteiger partial charge in [0.15, 0.2) is 9.84 Å². The van der Waals surface area contributed by atoms with Gasteiger partial charge < -0.3 is 20.1 Å². The Morgan fingerprint density at radius 2 is 1.83 bits per heavy atom. The van der Waals surface area contributed by atoms with Crippen LogP contribution in [0.25, 0.3) is 10.1 Å². The number of thiophene rings is 1. The summed E-state index contributed by atoms with van der Waals surface area (Å²) in [6.45, 7) is 4.25. The second-order valence-corrected chi connectivity index (χ2v) is 15.9. The number of hydrogen-bond acceptors (Lipinski definition) is 8. The molecule has 0 bridgehead atoms. The predicted octanol–water partition coefficient (Wildman–Crippen LogP) is 6.72. The number of hydrogen-bond donors (Lipinski definition) is 2. The maximum Gasteiger partial charge on any atom is 0.393 e. The fourth-order valence-corrected chi connectivity index (χ4v) is 8.88. The van der Waals surface area contributed by atoms with Crippen molar-refractivity contribution in [2.24, 2.45) is 5.41 Å². The number of nitrogens with zero attached hydrogens (tertiary/aromatic N) is 1. The lowest BCUT2D eigenvalue weighted by atomic mass is 9.71. The smallest absolute Gasteiger partial charge is 0.393 e. The number of methoxy groups -OCH3 is 1. The van der Waals surface area contributed by atoms with Gasteiger partial charge in [0.1, 0.15) is 5.75 Å². The van der Waals surface area contributed by atoms with Gasteiger partial charge in [0.25, 0.3) is 0 Å². The summed E-state index contributed by atoms with van der Waals surface area (Å²) in [5.74, 6) is 6.28. The van der Waals surface area contributed by atoms with Gasteiger partial charge in [-0.3, -0.25) is 4.90 Å². The summed E-state index contributed by atoms with van der Waals surface area (Å²) in [4.78, 5) is 3.16. The van der Waals surface area contributed by atoms with Crippen LogP contribution in [0.15, 0.2) is 41.3 Å². The molecule has 46 heavy (non-hydrogen) atoms. The van der Waals surface area contributed by atoms with Gasteiger partial charge in [-0.1, -0.05) is 24.0 Å². The van der Waals surface area contributed by atoms with Gasteiger partial charge >= 0.3 is 6.18 Å². The van der Waals surface area contributed by atoms with Crippen molar-refractivity contribution in [3.05, 3.63) is 46.8 Å². The van der Waals surface area contributed by atoms with E-state index in [9.17, 15) is 21.6 Å². The molecule has 1 aliphatic carbocycles. The van der Waals surface area contributed by atoms with E-state index in [4.69, 9.17) is 9.47 Å². The monoisotopic (exact) mass is 675 g/mol. The Labute approximate surface area is 272 Å². The first-order valence-corrected chi connectivity index (χ1v) is 18.4. The Bertz CT molecular complexity index is 1720. The van der Waals surface area contributed by atoms with Crippen LogP contribution in [0.2, 0.25) is 0 Å². The van der Waals surface area contributed by atoms with Crippen LogP contribution in [0.1, 0.15) is 49.0 Å². The maximum absolute atomic E-state index is 13.7. The fraction of sp³-hybridized carbons (Fsp3) is 0.529. The number of alkyl halides is 3. The molecular formula is C34H40F3N3O4S2. The quantitative estimate of drug-likeness (QED) is 0.257. The summed E-state index contributed by atoms with van der Waals surface area (Å²) in [5.41, 5.74) is 2.06. The first-order valence-electron chi connectivity index (χ1n) is 15.7. The molecular weight excluding hydrogens is 636 g/mol. The Morgan fingerprint density at radius 3 is 2.50 bits per heavy atom. The summed E-state index contributed by atoms with van der Waals surface area (Å²) in [6.07, 6.45) is 2.32. The summed E-state index contributed by atoms with van der Waals surface area (Å²) < 4.78 is 76.6. The minimum absolute atomic E-state index is 0.125. The Kier molecular flexibility index (Phi) is 9.50. The molecule has 3 fully saturated rings. The molecule has 6 rings (SSSR count). The predicted molar refractivity (Wildman–Crippen MR) is 177 cm³/mol. The number of fused-ring (bicyclic) bond motifs is 1. The van der Waals surface area contributed by atoms with Crippen molar-refractivity contribution < 1.29 is 31.1 Å². The molecule has 2 aliphatic heterocycles. The number of ether oxygens (including phenoxy) is 2. The van der Waals surface area contributed by atoms with Gasteiger partial charge in [-0.25, -0.2) is 8.42 Å². The van der Waals surface area contributed by atoms with Crippen molar-refractivity contribution in [3.63, 3.8) is 0 Å². The zero-order valence-corrected chi connectivity index (χ0v) is 27.8. The van der Waals surface area contributed by atoms with E-state index in [1.54, 1.807) is 12.1 Å². The fourth-order valence-electron chi connectivity index (χ4n) is 7.07. The summed E-state index contributed by atoms with van der Waals surface area (Å²) >= 11 is 1.30. The average molecular weight is 676 g/mol. The lowest BCUT2D eigenvalue weighted by Crippen LogP contribution is -2.62. The van der Waals surface area contributed by atoms with Crippen molar-refractivity contribution in [1.82, 2.24) is 4.90 Å². The lowest BCUT2D eigenvalue weighted by Gasteiger charge is -2.56. The third kappa shape index (κ3) is 7.43. The van der Waals surface area contributed by atoms with E-state index < -0.39 is 22.4 Å². The first-order chi connectivity index (χ1) is 21.9. The van der Waals surface area contributed by atoms with Gasteiger partial charge in [0.05, 0.1) is 45.9 Å². The molecule has 7 nitrogen and oxygen atoms in total. The van der Waals surface area contributed by atoms with Crippen molar-refractivity contribution >= 4 is 42.6 Å². The minimum Gasteiger partial charge on any atom is -0.495 e. The third-order valence-corrected chi connectivity index (χ3v) is 11.9. The minimum atomic E-state index is -4.38. The highest BCUT2D eigenvalue weighted by atomic mass is 32.2. The highest BCUT2D eigenvalue weighted by molar-refractivity contribution is 7.90. The molecule has 3 heterocycles. The van der Waals surface area contributed by atoms with E-state index in [0.29, 0.717) is 33.2 Å². The highest BCUT2D eigenvalue weighted by Crippen LogP contribution is 2.44. The highest BCUT2D eigenvalue weighted by Gasteiger charge is 2.46. The molecule has 3 aliphatic rings. The normalized spacial score (nSPS) is 21.8. The second-order valence-electron chi connectivity index (χ2n) is 12.8. The van der Waals surface area contributed by atoms with E-state index in [1.165, 1.54) is 56.5 Å². The van der Waals surface area contributed by atoms with Gasteiger partial charge in [-0.15, -0.1) is 11.3 Å². The molecule has 2 aromatic carbocycles. The van der Waals surface area contributed by atoms with Crippen LogP contribution in [0.3, 0.4) is 0 Å². The number of benzene rings is 2. The largest absolute Gasteiger partial charge is 0.495 e. The zero-order chi connectivity index (χ0) is 32.5. The van der Waals surface area contributed by atoms with Crippen LogP contribution in [-0.2, 0) is 21.0 Å². The number of halogens is 3. The Morgan fingerprint density at radius 1 is 1.09 bits per heavy atom. The number of likely N-dealkylation sites (tertiary alicyclic amines) is 1. The average Bonchev–Trinajstić information content (AvgIpc) is 3.35. The second kappa shape index (κ2) is 13.3. The molecule has 0 radical (unpaired) electrons. The van der Waals surface area contributed by atoms with Crippen LogP contribution < -0.4 is 15.4 Å². The van der Waals surface area contributed by atoms with Crippen molar-refractivity contribution in [1.29, 1.82) is 0 Å². The lowest BCUT2D eigenvalue weighted by molar-refractivity contribution is -0.126. The molecule has 12 heteroatoms. The number of anilines is 2. The van der Waals surface area contributed by atoms with E-state index in [0.717, 1.165) is 55.5 Å². The molecule has 0 unspecified atom stereocenters. The van der Waals surface area contributed by atoms with Crippen molar-refractivity contribution in [2.45, 2.75) is 68.1 Å². The molecule has 3 aromatic rings. The van der Waals surface area contributed by atoms with Crippen LogP contribution in [0.4, 0.5) is 24.5 Å². The zero-order valence-electron chi connectivity index (χ0n) is 26.1. The van der Waals surface area contributed by atoms with E-state index in [1.807, 2.05) is 12.1 Å². The Hall–Kier alpha value is -2.98. The van der Waals surface area contributed by atoms with Gasteiger partial charge in [0, 0.05) is 56.1 Å². The summed E-state index contributed by atoms with van der Waals surface area (Å²) in [5, 5.41) is 7.34. The Balaban J connectivity index is 1.14. The maximum atomic E-state index is 13.7. The molecule has 0 atom stereocenters. The van der Waals surface area contributed by atoms with Crippen LogP contribution in [0, 0.1) is 17.3 Å². The van der Waals surface area contributed by atoms with Crippen LogP contribution in [0.5, 0.6) is 5.75 Å².